The van der Waals surface area contributed by atoms with Crippen LogP contribution in [0.4, 0.5) is 0 Å². The van der Waals surface area contributed by atoms with E-state index in [9.17, 15) is 0 Å². The van der Waals surface area contributed by atoms with Crippen LogP contribution < -0.4 is 0 Å². The van der Waals surface area contributed by atoms with Crippen LogP contribution in [0.3, 0.4) is 0 Å². The Morgan fingerprint density at radius 3 is 2.55 bits per heavy atom. The summed E-state index contributed by atoms with van der Waals surface area (Å²) in [6, 6.07) is 0. The van der Waals surface area contributed by atoms with Crippen molar-refractivity contribution in [3.8, 4) is 0 Å². The highest BCUT2D eigenvalue weighted by Gasteiger charge is 2.27. The minimum Gasteiger partial charge on any atom is -0.369 e. The molecule has 3 aliphatic rings. The maximum Gasteiger partial charge on any atom is 0.0323 e. The van der Waals surface area contributed by atoms with Crippen LogP contribution in [-0.4, -0.2) is 67.6 Å². The first-order valence-electron chi connectivity index (χ1n) is 8.23. The molecule has 3 heteroatoms. The second-order valence-electron chi connectivity index (χ2n) is 6.98. The van der Waals surface area contributed by atoms with Gasteiger partial charge in [0.05, 0.1) is 0 Å². The molecule has 2 heterocycles. The summed E-state index contributed by atoms with van der Waals surface area (Å²) in [6.07, 6.45) is 9.62. The topological polar surface area (TPSA) is 9.72 Å². The van der Waals surface area contributed by atoms with Crippen LogP contribution in [0.25, 0.3) is 0 Å². The molecule has 0 aromatic heterocycles. The Balaban J connectivity index is 1.46. The summed E-state index contributed by atoms with van der Waals surface area (Å²) >= 11 is 0. The van der Waals surface area contributed by atoms with Crippen LogP contribution in [0.1, 0.15) is 19.8 Å². The zero-order valence-electron chi connectivity index (χ0n) is 13.1. The van der Waals surface area contributed by atoms with E-state index in [2.05, 4.69) is 46.9 Å². The first kappa shape index (κ1) is 14.2. The molecule has 1 atom stereocenters. The van der Waals surface area contributed by atoms with E-state index in [1.54, 1.807) is 0 Å². The van der Waals surface area contributed by atoms with E-state index in [0.717, 1.165) is 11.8 Å². The molecule has 1 unspecified atom stereocenters. The maximum atomic E-state index is 2.66. The average molecular weight is 275 g/mol. The molecule has 0 aromatic carbocycles. The van der Waals surface area contributed by atoms with Crippen molar-refractivity contribution in [1.82, 2.24) is 14.7 Å². The summed E-state index contributed by atoms with van der Waals surface area (Å²) in [5, 5.41) is 0. The summed E-state index contributed by atoms with van der Waals surface area (Å²) in [5.41, 5.74) is 1.47. The molecule has 0 amide bonds. The van der Waals surface area contributed by atoms with Crippen molar-refractivity contribution in [1.29, 1.82) is 0 Å². The molecule has 0 aromatic rings. The van der Waals surface area contributed by atoms with Gasteiger partial charge >= 0.3 is 0 Å². The summed E-state index contributed by atoms with van der Waals surface area (Å²) in [5.74, 6) is 1.73. The molecule has 112 valence electrons. The summed E-state index contributed by atoms with van der Waals surface area (Å²) in [7, 11) is 2.22. The first-order chi connectivity index (χ1) is 9.70. The monoisotopic (exact) mass is 275 g/mol. The third-order valence-electron chi connectivity index (χ3n) is 4.95. The van der Waals surface area contributed by atoms with Gasteiger partial charge in [-0.2, -0.15) is 0 Å². The number of rotatable bonds is 3. The number of hydrogen-bond acceptors (Lipinski definition) is 3. The van der Waals surface area contributed by atoms with Crippen molar-refractivity contribution in [2.45, 2.75) is 19.8 Å². The van der Waals surface area contributed by atoms with E-state index in [1.165, 1.54) is 64.4 Å². The minimum atomic E-state index is 0.806. The zero-order chi connectivity index (χ0) is 13.9. The summed E-state index contributed by atoms with van der Waals surface area (Å²) in [4.78, 5) is 7.67. The van der Waals surface area contributed by atoms with Crippen LogP contribution in [0.5, 0.6) is 0 Å². The molecule has 2 saturated heterocycles. The lowest BCUT2D eigenvalue weighted by Gasteiger charge is -2.42. The second kappa shape index (κ2) is 6.31. The number of allylic oxidation sites excluding steroid dienone is 3. The van der Waals surface area contributed by atoms with Gasteiger partial charge in [0.2, 0.25) is 0 Å². The fraction of sp³-hybridized carbons (Fsp3) is 0.765. The van der Waals surface area contributed by atoms with Crippen molar-refractivity contribution >= 4 is 0 Å². The smallest absolute Gasteiger partial charge is 0.0323 e. The fourth-order valence-corrected chi connectivity index (χ4v) is 3.64. The Bertz CT molecular complexity index is 374. The lowest BCUT2D eigenvalue weighted by molar-refractivity contribution is 0.0699. The van der Waals surface area contributed by atoms with Crippen LogP contribution in [0, 0.1) is 11.8 Å². The predicted octanol–water partition coefficient (Wildman–Crippen LogP) is 2.04. The quantitative estimate of drug-likeness (QED) is 0.780. The van der Waals surface area contributed by atoms with Gasteiger partial charge in [0.25, 0.3) is 0 Å². The van der Waals surface area contributed by atoms with Gasteiger partial charge in [-0.05, 0) is 37.8 Å². The van der Waals surface area contributed by atoms with Crippen molar-refractivity contribution < 1.29 is 0 Å². The lowest BCUT2D eigenvalue weighted by Crippen LogP contribution is -2.53. The number of hydrogen-bond donors (Lipinski definition) is 0. The van der Waals surface area contributed by atoms with Gasteiger partial charge in [-0.3, -0.25) is 4.90 Å². The SMILES string of the molecule is CC1CC=CC(N2CCN(CC3CN(C)C3)CC2)=CC1. The van der Waals surface area contributed by atoms with E-state index >= 15 is 0 Å². The van der Waals surface area contributed by atoms with Crippen LogP contribution in [0.2, 0.25) is 0 Å². The number of likely N-dealkylation sites (tertiary alicyclic amines) is 1. The Labute approximate surface area is 123 Å². The molecular weight excluding hydrogens is 246 g/mol. The van der Waals surface area contributed by atoms with Gasteiger partial charge in [-0.25, -0.2) is 0 Å². The van der Waals surface area contributed by atoms with Gasteiger partial charge < -0.3 is 9.80 Å². The van der Waals surface area contributed by atoms with Gasteiger partial charge in [-0.1, -0.05) is 19.1 Å². The average Bonchev–Trinajstić information content (AvgIpc) is 2.63. The fourth-order valence-electron chi connectivity index (χ4n) is 3.64. The van der Waals surface area contributed by atoms with E-state index in [-0.39, 0.29) is 0 Å². The molecule has 0 saturated carbocycles. The number of piperazine rings is 1. The van der Waals surface area contributed by atoms with Crippen LogP contribution in [-0.2, 0) is 0 Å². The maximum absolute atomic E-state index is 2.66. The Hall–Kier alpha value is -0.800. The molecule has 2 fully saturated rings. The molecule has 1 aliphatic carbocycles. The van der Waals surface area contributed by atoms with Gasteiger partial charge in [0.1, 0.15) is 0 Å². The summed E-state index contributed by atoms with van der Waals surface area (Å²) in [6.45, 7) is 11.1. The van der Waals surface area contributed by atoms with E-state index in [4.69, 9.17) is 0 Å². The predicted molar refractivity (Wildman–Crippen MR) is 84.6 cm³/mol. The van der Waals surface area contributed by atoms with Crippen molar-refractivity contribution in [3.05, 3.63) is 23.9 Å². The summed E-state index contributed by atoms with van der Waals surface area (Å²) < 4.78 is 0. The largest absolute Gasteiger partial charge is 0.369 e. The molecule has 0 N–H and O–H groups in total. The molecule has 3 rings (SSSR count). The van der Waals surface area contributed by atoms with Crippen LogP contribution in [0.15, 0.2) is 23.9 Å². The number of nitrogens with zero attached hydrogens (tertiary/aromatic N) is 3. The first-order valence-corrected chi connectivity index (χ1v) is 8.23. The Morgan fingerprint density at radius 2 is 1.85 bits per heavy atom. The Morgan fingerprint density at radius 1 is 1.10 bits per heavy atom. The van der Waals surface area contributed by atoms with Crippen molar-refractivity contribution in [3.63, 3.8) is 0 Å². The van der Waals surface area contributed by atoms with Gasteiger partial charge in [0.15, 0.2) is 0 Å². The molecule has 2 aliphatic heterocycles. The molecule has 20 heavy (non-hydrogen) atoms. The minimum absolute atomic E-state index is 0.806. The molecular formula is C17H29N3. The normalized spacial score (nSPS) is 30.0. The highest BCUT2D eigenvalue weighted by Crippen LogP contribution is 2.21. The highest BCUT2D eigenvalue weighted by atomic mass is 15.3. The van der Waals surface area contributed by atoms with Crippen LogP contribution >= 0.6 is 0 Å². The molecule has 0 bridgehead atoms. The van der Waals surface area contributed by atoms with E-state index in [0.29, 0.717) is 0 Å². The zero-order valence-corrected chi connectivity index (χ0v) is 13.1. The van der Waals surface area contributed by atoms with Crippen molar-refractivity contribution in [2.24, 2.45) is 11.8 Å². The van der Waals surface area contributed by atoms with Gasteiger partial charge in [0, 0.05) is 51.5 Å². The second-order valence-corrected chi connectivity index (χ2v) is 6.98. The lowest BCUT2D eigenvalue weighted by atomic mass is 10.0. The third-order valence-corrected chi connectivity index (χ3v) is 4.95. The third kappa shape index (κ3) is 3.44. The van der Waals surface area contributed by atoms with E-state index in [1.807, 2.05) is 0 Å². The molecule has 0 radical (unpaired) electrons. The standard InChI is InChI=1S/C17H29N3/c1-15-4-3-5-17(7-6-15)20-10-8-19(9-11-20)14-16-12-18(2)13-16/h3,5,7,15-16H,4,6,8-14H2,1-2H3. The molecule has 3 nitrogen and oxygen atoms in total. The Kier molecular flexibility index (Phi) is 4.47. The van der Waals surface area contributed by atoms with Crippen molar-refractivity contribution in [2.75, 3.05) is 52.9 Å². The van der Waals surface area contributed by atoms with E-state index < -0.39 is 0 Å². The van der Waals surface area contributed by atoms with Gasteiger partial charge in [-0.15, -0.1) is 0 Å². The molecule has 0 spiro atoms. The highest BCUT2D eigenvalue weighted by molar-refractivity contribution is 5.20.